The van der Waals surface area contributed by atoms with Crippen molar-refractivity contribution in [2.45, 2.75) is 45.1 Å². The predicted octanol–water partition coefficient (Wildman–Crippen LogP) is 3.68. The molecule has 0 spiro atoms. The van der Waals surface area contributed by atoms with Gasteiger partial charge in [0.15, 0.2) is 0 Å². The Labute approximate surface area is 122 Å². The predicted molar refractivity (Wildman–Crippen MR) is 81.9 cm³/mol. The highest BCUT2D eigenvalue weighted by Crippen LogP contribution is 2.50. The molecule has 112 valence electrons. The average molecular weight is 277 g/mol. The zero-order chi connectivity index (χ0) is 14.4. The number of nitrogens with two attached hydrogens (primary N) is 1. The summed E-state index contributed by atoms with van der Waals surface area (Å²) in [6.07, 6.45) is 6.21. The van der Waals surface area contributed by atoms with Crippen molar-refractivity contribution < 1.29 is 9.47 Å². The van der Waals surface area contributed by atoms with Crippen molar-refractivity contribution in [3.8, 4) is 5.75 Å². The van der Waals surface area contributed by atoms with E-state index in [0.717, 1.165) is 17.7 Å². The Kier molecular flexibility index (Phi) is 5.44. The molecule has 1 unspecified atom stereocenters. The second-order valence-electron chi connectivity index (χ2n) is 5.78. The first-order valence-electron chi connectivity index (χ1n) is 7.70. The summed E-state index contributed by atoms with van der Waals surface area (Å²) in [7, 11) is 1.69. The Morgan fingerprint density at radius 1 is 1.20 bits per heavy atom. The molecule has 0 aromatic heterocycles. The second-order valence-corrected chi connectivity index (χ2v) is 5.78. The van der Waals surface area contributed by atoms with Gasteiger partial charge in [0.25, 0.3) is 0 Å². The fraction of sp³-hybridized carbons (Fsp3) is 0.647. The van der Waals surface area contributed by atoms with Crippen LogP contribution in [0.2, 0.25) is 0 Å². The van der Waals surface area contributed by atoms with Gasteiger partial charge in [-0.2, -0.15) is 0 Å². The van der Waals surface area contributed by atoms with Crippen molar-refractivity contribution in [3.63, 3.8) is 0 Å². The van der Waals surface area contributed by atoms with E-state index in [0.29, 0.717) is 13.2 Å². The van der Waals surface area contributed by atoms with Gasteiger partial charge in [-0.25, -0.2) is 0 Å². The monoisotopic (exact) mass is 277 g/mol. The molecule has 1 fully saturated rings. The van der Waals surface area contributed by atoms with Gasteiger partial charge in [0, 0.05) is 18.7 Å². The molecule has 2 rings (SSSR count). The first kappa shape index (κ1) is 15.3. The van der Waals surface area contributed by atoms with Gasteiger partial charge in [-0.3, -0.25) is 0 Å². The maximum absolute atomic E-state index is 6.64. The lowest BCUT2D eigenvalue weighted by Crippen LogP contribution is -2.32. The summed E-state index contributed by atoms with van der Waals surface area (Å²) in [4.78, 5) is 0. The fourth-order valence-electron chi connectivity index (χ4n) is 3.40. The molecule has 20 heavy (non-hydrogen) atoms. The van der Waals surface area contributed by atoms with E-state index in [1.165, 1.54) is 25.7 Å². The minimum absolute atomic E-state index is 0.0637. The largest absolute Gasteiger partial charge is 0.491 e. The van der Waals surface area contributed by atoms with E-state index in [4.69, 9.17) is 15.2 Å². The smallest absolute Gasteiger partial charge is 0.124 e. The van der Waals surface area contributed by atoms with Crippen LogP contribution in [0.4, 0.5) is 0 Å². The summed E-state index contributed by atoms with van der Waals surface area (Å²) < 4.78 is 10.9. The van der Waals surface area contributed by atoms with E-state index in [1.807, 2.05) is 12.1 Å². The van der Waals surface area contributed by atoms with Crippen molar-refractivity contribution in [2.75, 3.05) is 20.3 Å². The van der Waals surface area contributed by atoms with Crippen molar-refractivity contribution in [1.29, 1.82) is 0 Å². The van der Waals surface area contributed by atoms with Crippen molar-refractivity contribution in [3.05, 3.63) is 29.8 Å². The number of hydrogen-bond donors (Lipinski definition) is 1. The molecule has 1 aromatic rings. The lowest BCUT2D eigenvalue weighted by molar-refractivity contribution is 0.143. The quantitative estimate of drug-likeness (QED) is 0.773. The van der Waals surface area contributed by atoms with Crippen LogP contribution in [0.25, 0.3) is 0 Å². The Morgan fingerprint density at radius 2 is 1.90 bits per heavy atom. The summed E-state index contributed by atoms with van der Waals surface area (Å²) in [6.45, 7) is 3.43. The Bertz CT molecular complexity index is 413. The number of ether oxygens (including phenoxy) is 2. The number of rotatable bonds is 7. The highest BCUT2D eigenvalue weighted by Gasteiger charge is 2.39. The van der Waals surface area contributed by atoms with Gasteiger partial charge in [0.1, 0.15) is 12.4 Å². The van der Waals surface area contributed by atoms with Crippen LogP contribution in [0.15, 0.2) is 24.3 Å². The third-order valence-electron chi connectivity index (χ3n) is 4.76. The van der Waals surface area contributed by atoms with Crippen molar-refractivity contribution >= 4 is 0 Å². The van der Waals surface area contributed by atoms with Crippen molar-refractivity contribution in [1.82, 2.24) is 0 Å². The van der Waals surface area contributed by atoms with Gasteiger partial charge >= 0.3 is 0 Å². The van der Waals surface area contributed by atoms with E-state index < -0.39 is 0 Å². The SMILES string of the molecule is CCC1(C(N)c2ccccc2OCCOC)CCCC1. The molecule has 1 aromatic carbocycles. The van der Waals surface area contributed by atoms with Gasteiger partial charge in [-0.15, -0.1) is 0 Å². The molecule has 1 aliphatic carbocycles. The molecule has 1 saturated carbocycles. The number of benzene rings is 1. The lowest BCUT2D eigenvalue weighted by Gasteiger charge is -2.35. The first-order chi connectivity index (χ1) is 9.73. The van der Waals surface area contributed by atoms with E-state index in [1.54, 1.807) is 7.11 Å². The summed E-state index contributed by atoms with van der Waals surface area (Å²) in [5, 5.41) is 0. The Balaban J connectivity index is 2.18. The minimum atomic E-state index is 0.0637. The highest BCUT2D eigenvalue weighted by molar-refractivity contribution is 5.37. The molecule has 3 heteroatoms. The van der Waals surface area contributed by atoms with E-state index in [9.17, 15) is 0 Å². The zero-order valence-corrected chi connectivity index (χ0v) is 12.7. The summed E-state index contributed by atoms with van der Waals surface area (Å²) in [5.74, 6) is 0.914. The Hall–Kier alpha value is -1.06. The zero-order valence-electron chi connectivity index (χ0n) is 12.7. The van der Waals surface area contributed by atoms with Crippen LogP contribution in [0.1, 0.15) is 50.6 Å². The third-order valence-corrected chi connectivity index (χ3v) is 4.76. The van der Waals surface area contributed by atoms with Crippen molar-refractivity contribution in [2.24, 2.45) is 11.1 Å². The molecule has 2 N–H and O–H groups in total. The normalized spacial score (nSPS) is 18.9. The number of hydrogen-bond acceptors (Lipinski definition) is 3. The maximum Gasteiger partial charge on any atom is 0.124 e. The molecule has 0 heterocycles. The van der Waals surface area contributed by atoms with Gasteiger partial charge in [0.2, 0.25) is 0 Å². The van der Waals surface area contributed by atoms with E-state index in [2.05, 4.69) is 19.1 Å². The van der Waals surface area contributed by atoms with Crippen LogP contribution in [-0.4, -0.2) is 20.3 Å². The first-order valence-corrected chi connectivity index (χ1v) is 7.70. The van der Waals surface area contributed by atoms with Gasteiger partial charge < -0.3 is 15.2 Å². The van der Waals surface area contributed by atoms with Crippen LogP contribution >= 0.6 is 0 Å². The molecular formula is C17H27NO2. The van der Waals surface area contributed by atoms with Crippen LogP contribution in [0, 0.1) is 5.41 Å². The molecule has 0 amide bonds. The van der Waals surface area contributed by atoms with Crippen LogP contribution in [-0.2, 0) is 4.74 Å². The standard InChI is InChI=1S/C17H27NO2/c1-3-17(10-6-7-11-17)16(18)14-8-4-5-9-15(14)20-13-12-19-2/h4-5,8-9,16H,3,6-7,10-13,18H2,1-2H3. The molecule has 0 radical (unpaired) electrons. The number of methoxy groups -OCH3 is 1. The summed E-state index contributed by atoms with van der Waals surface area (Å²) in [6, 6.07) is 8.25. The van der Waals surface area contributed by atoms with Gasteiger partial charge in [0.05, 0.1) is 6.61 Å². The topological polar surface area (TPSA) is 44.5 Å². The molecule has 0 bridgehead atoms. The molecule has 1 aliphatic rings. The maximum atomic E-state index is 6.64. The van der Waals surface area contributed by atoms with E-state index in [-0.39, 0.29) is 11.5 Å². The van der Waals surface area contributed by atoms with Crippen LogP contribution in [0.3, 0.4) is 0 Å². The molecule has 3 nitrogen and oxygen atoms in total. The molecule has 1 atom stereocenters. The minimum Gasteiger partial charge on any atom is -0.491 e. The average Bonchev–Trinajstić information content (AvgIpc) is 2.97. The summed E-state index contributed by atoms with van der Waals surface area (Å²) >= 11 is 0. The third kappa shape index (κ3) is 3.15. The van der Waals surface area contributed by atoms with E-state index >= 15 is 0 Å². The fourth-order valence-corrected chi connectivity index (χ4v) is 3.40. The molecule has 0 saturated heterocycles. The van der Waals surface area contributed by atoms with Gasteiger partial charge in [-0.1, -0.05) is 38.0 Å². The molecular weight excluding hydrogens is 250 g/mol. The summed E-state index contributed by atoms with van der Waals surface area (Å²) in [5.41, 5.74) is 8.04. The molecule has 0 aliphatic heterocycles. The highest BCUT2D eigenvalue weighted by atomic mass is 16.5. The van der Waals surface area contributed by atoms with Crippen LogP contribution < -0.4 is 10.5 Å². The Morgan fingerprint density at radius 3 is 2.55 bits per heavy atom. The second kappa shape index (κ2) is 7.09. The number of para-hydroxylation sites is 1. The lowest BCUT2D eigenvalue weighted by atomic mass is 9.74. The van der Waals surface area contributed by atoms with Crippen LogP contribution in [0.5, 0.6) is 5.75 Å². The van der Waals surface area contributed by atoms with Gasteiger partial charge in [-0.05, 0) is 30.7 Å².